The van der Waals surface area contributed by atoms with Gasteiger partial charge in [0.25, 0.3) is 0 Å². The molecule has 0 saturated carbocycles. The summed E-state index contributed by atoms with van der Waals surface area (Å²) in [7, 11) is 3.10. The molecular formula is C23H23FN4O5. The molecule has 1 saturated heterocycles. The molecule has 2 aromatic carbocycles. The molecule has 3 aromatic rings. The first kappa shape index (κ1) is 22.1. The van der Waals surface area contributed by atoms with E-state index in [1.165, 1.54) is 22.6 Å². The van der Waals surface area contributed by atoms with Crippen LogP contribution in [0.25, 0.3) is 16.9 Å². The van der Waals surface area contributed by atoms with Crippen LogP contribution in [-0.2, 0) is 9.53 Å². The molecule has 1 aliphatic heterocycles. The summed E-state index contributed by atoms with van der Waals surface area (Å²) in [4.78, 5) is 24.7. The number of benzene rings is 2. The molecule has 9 nitrogen and oxygen atoms in total. The molecule has 0 spiro atoms. The number of anilines is 1. The highest BCUT2D eigenvalue weighted by Gasteiger charge is 2.32. The van der Waals surface area contributed by atoms with Gasteiger partial charge in [0.2, 0.25) is 5.91 Å². The van der Waals surface area contributed by atoms with Crippen LogP contribution in [0.15, 0.2) is 48.7 Å². The van der Waals surface area contributed by atoms with Crippen molar-refractivity contribution in [1.82, 2.24) is 15.1 Å². The minimum Gasteiger partial charge on any atom is -0.493 e. The molecule has 0 aliphatic carbocycles. The van der Waals surface area contributed by atoms with Gasteiger partial charge in [0.1, 0.15) is 11.8 Å². The number of aromatic nitrogens is 2. The summed E-state index contributed by atoms with van der Waals surface area (Å²) >= 11 is 0. The number of carbonyl (C=O) groups excluding carboxylic acids is 2. The number of methoxy groups -OCH3 is 2. The predicted octanol–water partition coefficient (Wildman–Crippen LogP) is 3.16. The Morgan fingerprint density at radius 2 is 1.97 bits per heavy atom. The third-order valence-electron chi connectivity index (χ3n) is 5.25. The molecular weight excluding hydrogens is 431 g/mol. The van der Waals surface area contributed by atoms with Crippen LogP contribution in [0.1, 0.15) is 6.92 Å². The number of rotatable bonds is 7. The Hall–Kier alpha value is -4.08. The summed E-state index contributed by atoms with van der Waals surface area (Å²) < 4.78 is 32.5. The highest BCUT2D eigenvalue weighted by Crippen LogP contribution is 2.34. The maximum absolute atomic E-state index is 15.2. The van der Waals surface area contributed by atoms with E-state index in [1.807, 2.05) is 6.07 Å². The van der Waals surface area contributed by atoms with Gasteiger partial charge in [-0.25, -0.2) is 13.9 Å². The van der Waals surface area contributed by atoms with Crippen molar-refractivity contribution >= 4 is 17.7 Å². The second-order valence-electron chi connectivity index (χ2n) is 7.39. The van der Waals surface area contributed by atoms with Crippen molar-refractivity contribution in [3.05, 3.63) is 54.5 Å². The Labute approximate surface area is 189 Å². The lowest BCUT2D eigenvalue weighted by molar-refractivity contribution is -0.119. The maximum atomic E-state index is 15.2. The largest absolute Gasteiger partial charge is 0.493 e. The molecule has 1 N–H and O–H groups in total. The van der Waals surface area contributed by atoms with E-state index in [4.69, 9.17) is 14.2 Å². The van der Waals surface area contributed by atoms with Gasteiger partial charge in [-0.2, -0.15) is 5.10 Å². The van der Waals surface area contributed by atoms with Crippen molar-refractivity contribution < 1.29 is 28.2 Å². The Morgan fingerprint density at radius 1 is 1.18 bits per heavy atom. The van der Waals surface area contributed by atoms with Crippen molar-refractivity contribution in [2.24, 2.45) is 0 Å². The van der Waals surface area contributed by atoms with Gasteiger partial charge in [-0.15, -0.1) is 0 Å². The number of ether oxygens (including phenoxy) is 3. The second kappa shape index (κ2) is 9.19. The van der Waals surface area contributed by atoms with Gasteiger partial charge in [0.05, 0.1) is 44.9 Å². The van der Waals surface area contributed by atoms with Crippen LogP contribution < -0.4 is 19.7 Å². The summed E-state index contributed by atoms with van der Waals surface area (Å²) in [6.45, 7) is 1.78. The van der Waals surface area contributed by atoms with E-state index in [9.17, 15) is 9.59 Å². The number of nitrogens with zero attached hydrogens (tertiary/aromatic N) is 3. The Bertz CT molecular complexity index is 1200. The monoisotopic (exact) mass is 454 g/mol. The first-order chi connectivity index (χ1) is 15.9. The van der Waals surface area contributed by atoms with Crippen LogP contribution in [-0.4, -0.2) is 55.2 Å². The zero-order chi connectivity index (χ0) is 23.5. The highest BCUT2D eigenvalue weighted by atomic mass is 19.1. The normalized spacial score (nSPS) is 15.3. The lowest BCUT2D eigenvalue weighted by atomic mass is 10.1. The molecule has 2 heterocycles. The fraction of sp³-hybridized carbons (Fsp3) is 0.261. The van der Waals surface area contributed by atoms with Crippen LogP contribution in [0.2, 0.25) is 0 Å². The van der Waals surface area contributed by atoms with Crippen LogP contribution in [0.3, 0.4) is 0 Å². The summed E-state index contributed by atoms with van der Waals surface area (Å²) in [5.74, 6) is 0.345. The Morgan fingerprint density at radius 3 is 2.67 bits per heavy atom. The van der Waals surface area contributed by atoms with Gasteiger partial charge in [-0.1, -0.05) is 0 Å². The molecule has 2 amide bonds. The third-order valence-corrected chi connectivity index (χ3v) is 5.25. The molecule has 1 aromatic heterocycles. The number of nitrogens with one attached hydrogen (secondary N) is 1. The van der Waals surface area contributed by atoms with Gasteiger partial charge in [0, 0.05) is 12.5 Å². The van der Waals surface area contributed by atoms with Gasteiger partial charge < -0.3 is 19.5 Å². The van der Waals surface area contributed by atoms with Crippen LogP contribution in [0, 0.1) is 5.82 Å². The first-order valence-corrected chi connectivity index (χ1v) is 10.2. The lowest BCUT2D eigenvalue weighted by Crippen LogP contribution is -2.33. The molecule has 4 rings (SSSR count). The van der Waals surface area contributed by atoms with Gasteiger partial charge in [0.15, 0.2) is 17.3 Å². The molecule has 0 bridgehead atoms. The number of hydrogen-bond acceptors (Lipinski definition) is 6. The van der Waals surface area contributed by atoms with Gasteiger partial charge in [-0.3, -0.25) is 9.69 Å². The lowest BCUT2D eigenvalue weighted by Gasteiger charge is -2.16. The summed E-state index contributed by atoms with van der Waals surface area (Å²) in [6.07, 6.45) is 0.471. The maximum Gasteiger partial charge on any atom is 0.414 e. The fourth-order valence-electron chi connectivity index (χ4n) is 3.64. The van der Waals surface area contributed by atoms with E-state index in [-0.39, 0.29) is 24.7 Å². The zero-order valence-corrected chi connectivity index (χ0v) is 18.4. The minimum atomic E-state index is -0.595. The van der Waals surface area contributed by atoms with Crippen molar-refractivity contribution in [3.8, 4) is 28.4 Å². The zero-order valence-electron chi connectivity index (χ0n) is 18.4. The van der Waals surface area contributed by atoms with Crippen LogP contribution >= 0.6 is 0 Å². The first-order valence-electron chi connectivity index (χ1n) is 10.2. The van der Waals surface area contributed by atoms with Crippen molar-refractivity contribution in [1.29, 1.82) is 0 Å². The number of cyclic esters (lactones) is 1. The Kier molecular flexibility index (Phi) is 6.16. The van der Waals surface area contributed by atoms with Crippen LogP contribution in [0.5, 0.6) is 11.5 Å². The van der Waals surface area contributed by atoms with Crippen molar-refractivity contribution in [2.45, 2.75) is 13.0 Å². The smallest absolute Gasteiger partial charge is 0.414 e. The van der Waals surface area contributed by atoms with Crippen molar-refractivity contribution in [3.63, 3.8) is 0 Å². The molecule has 0 radical (unpaired) electrons. The molecule has 1 aliphatic rings. The number of amides is 2. The average Bonchev–Trinajstić information content (AvgIpc) is 3.43. The molecule has 1 fully saturated rings. The van der Waals surface area contributed by atoms with Crippen molar-refractivity contribution in [2.75, 3.05) is 32.2 Å². The van der Waals surface area contributed by atoms with Gasteiger partial charge >= 0.3 is 6.09 Å². The van der Waals surface area contributed by atoms with E-state index in [0.29, 0.717) is 22.9 Å². The number of hydrogen-bond donors (Lipinski definition) is 1. The third kappa shape index (κ3) is 4.45. The van der Waals surface area contributed by atoms with E-state index in [0.717, 1.165) is 5.56 Å². The second-order valence-corrected chi connectivity index (χ2v) is 7.39. The highest BCUT2D eigenvalue weighted by molar-refractivity contribution is 5.90. The van der Waals surface area contributed by atoms with E-state index < -0.39 is 18.0 Å². The number of halogens is 1. The molecule has 1 unspecified atom stereocenters. The average molecular weight is 454 g/mol. The van der Waals surface area contributed by atoms with Crippen LogP contribution in [0.4, 0.5) is 14.9 Å². The van der Waals surface area contributed by atoms with E-state index >= 15 is 4.39 Å². The topological polar surface area (TPSA) is 94.9 Å². The van der Waals surface area contributed by atoms with Gasteiger partial charge in [-0.05, 0) is 42.5 Å². The minimum absolute atomic E-state index is 0.195. The predicted molar refractivity (Wildman–Crippen MR) is 118 cm³/mol. The standard InChI is InChI=1S/C23H23FN4O5/c1-14(29)25-12-17-13-27(23(30)33-17)16-5-6-20(18(24)11-16)28-19(8-9-26-28)15-4-7-21(31-2)22(10-15)32-3/h4-11,17H,12-13H2,1-3H3,(H,25,29). The van der Waals surface area contributed by atoms with E-state index in [2.05, 4.69) is 10.4 Å². The van der Waals surface area contributed by atoms with E-state index in [1.54, 1.807) is 50.7 Å². The summed E-state index contributed by atoms with van der Waals surface area (Å²) in [5, 5.41) is 6.89. The SMILES string of the molecule is COc1ccc(-c2ccnn2-c2ccc(N3CC(CNC(C)=O)OC3=O)cc2F)cc1OC. The molecule has 10 heteroatoms. The fourth-order valence-corrected chi connectivity index (χ4v) is 3.64. The quantitative estimate of drug-likeness (QED) is 0.589. The summed E-state index contributed by atoms with van der Waals surface area (Å²) in [5.41, 5.74) is 1.98. The molecule has 172 valence electrons. The number of carbonyl (C=O) groups is 2. The Balaban J connectivity index is 1.60. The summed E-state index contributed by atoms with van der Waals surface area (Å²) in [6, 6.07) is 11.6. The molecule has 33 heavy (non-hydrogen) atoms. The molecule has 1 atom stereocenters.